The largest absolute Gasteiger partial charge is 0.462 e. The van der Waals surface area contributed by atoms with Crippen LogP contribution in [-0.2, 0) is 17.5 Å². The number of carbonyl (C=O) groups is 1. The van der Waals surface area contributed by atoms with Gasteiger partial charge in [0.05, 0.1) is 18.0 Å². The first-order valence-electron chi connectivity index (χ1n) is 8.01. The summed E-state index contributed by atoms with van der Waals surface area (Å²) in [6.45, 7) is -0.187. The quantitative estimate of drug-likeness (QED) is 0.453. The van der Waals surface area contributed by atoms with Crippen molar-refractivity contribution in [3.63, 3.8) is 0 Å². The molecular formula is C17H10F3N5O3S. The fourth-order valence-corrected chi connectivity index (χ4v) is 3.02. The SMILES string of the molecule is O=C(OCc1cn(-c2ccc(C(F)(F)F)cn2)nn1)c1csc(-c2ccco2)n1. The highest BCUT2D eigenvalue weighted by molar-refractivity contribution is 7.13. The average Bonchev–Trinajstić information content (AvgIpc) is 3.46. The third-order valence-corrected chi connectivity index (χ3v) is 4.50. The molecule has 8 nitrogen and oxygen atoms in total. The molecule has 0 saturated heterocycles. The van der Waals surface area contributed by atoms with Gasteiger partial charge in [0.1, 0.15) is 12.3 Å². The summed E-state index contributed by atoms with van der Waals surface area (Å²) in [6.07, 6.45) is -0.864. The smallest absolute Gasteiger partial charge is 0.417 e. The van der Waals surface area contributed by atoms with Gasteiger partial charge in [0.2, 0.25) is 0 Å². The van der Waals surface area contributed by atoms with E-state index in [1.807, 2.05) is 0 Å². The summed E-state index contributed by atoms with van der Waals surface area (Å²) >= 11 is 1.24. The van der Waals surface area contributed by atoms with Gasteiger partial charge in [0, 0.05) is 11.6 Å². The summed E-state index contributed by atoms with van der Waals surface area (Å²) < 4.78 is 49.3. The highest BCUT2D eigenvalue weighted by atomic mass is 32.1. The topological polar surface area (TPSA) is 95.9 Å². The molecule has 148 valence electrons. The number of aromatic nitrogens is 5. The minimum Gasteiger partial charge on any atom is -0.462 e. The molecule has 0 radical (unpaired) electrons. The van der Waals surface area contributed by atoms with Crippen LogP contribution in [0.2, 0.25) is 0 Å². The van der Waals surface area contributed by atoms with Gasteiger partial charge in [-0.25, -0.2) is 19.4 Å². The Hall–Kier alpha value is -3.54. The van der Waals surface area contributed by atoms with Gasteiger partial charge in [-0.2, -0.15) is 13.2 Å². The van der Waals surface area contributed by atoms with E-state index in [2.05, 4.69) is 20.3 Å². The molecule has 0 fully saturated rings. The highest BCUT2D eigenvalue weighted by Gasteiger charge is 2.30. The molecule has 4 rings (SSSR count). The summed E-state index contributed by atoms with van der Waals surface area (Å²) in [5.74, 6) is 0.0352. The van der Waals surface area contributed by atoms with Crippen molar-refractivity contribution in [2.75, 3.05) is 0 Å². The zero-order valence-electron chi connectivity index (χ0n) is 14.3. The minimum absolute atomic E-state index is 0.123. The second kappa shape index (κ2) is 7.47. The Morgan fingerprint density at radius 2 is 2.14 bits per heavy atom. The number of furan rings is 1. The number of pyridine rings is 1. The molecule has 0 saturated carbocycles. The number of carbonyl (C=O) groups excluding carboxylic acids is 1. The van der Waals surface area contributed by atoms with E-state index in [-0.39, 0.29) is 18.1 Å². The molecule has 0 aliphatic heterocycles. The Morgan fingerprint density at radius 3 is 2.83 bits per heavy atom. The maximum atomic E-state index is 12.6. The summed E-state index contributed by atoms with van der Waals surface area (Å²) in [4.78, 5) is 20.0. The molecule has 0 unspecified atom stereocenters. The number of nitrogens with zero attached hydrogens (tertiary/aromatic N) is 5. The van der Waals surface area contributed by atoms with E-state index in [4.69, 9.17) is 9.15 Å². The van der Waals surface area contributed by atoms with Crippen molar-refractivity contribution in [3.8, 4) is 16.6 Å². The van der Waals surface area contributed by atoms with Crippen molar-refractivity contribution in [1.29, 1.82) is 0 Å². The van der Waals surface area contributed by atoms with Crippen LogP contribution in [0.5, 0.6) is 0 Å². The number of esters is 1. The molecule has 12 heteroatoms. The Bertz CT molecular complexity index is 1120. The van der Waals surface area contributed by atoms with Gasteiger partial charge in [-0.3, -0.25) is 0 Å². The first kappa shape index (κ1) is 18.8. The van der Waals surface area contributed by atoms with Crippen LogP contribution in [0.25, 0.3) is 16.6 Å². The lowest BCUT2D eigenvalue weighted by atomic mass is 10.3. The van der Waals surface area contributed by atoms with Gasteiger partial charge in [-0.05, 0) is 24.3 Å². The van der Waals surface area contributed by atoms with Crippen LogP contribution in [0.3, 0.4) is 0 Å². The summed E-state index contributed by atoms with van der Waals surface area (Å²) in [7, 11) is 0. The van der Waals surface area contributed by atoms with Gasteiger partial charge in [-0.1, -0.05) is 5.21 Å². The van der Waals surface area contributed by atoms with Crippen LogP contribution >= 0.6 is 11.3 Å². The predicted molar refractivity (Wildman–Crippen MR) is 93.1 cm³/mol. The Kier molecular flexibility index (Phi) is 4.84. The van der Waals surface area contributed by atoms with Gasteiger partial charge >= 0.3 is 12.1 Å². The third kappa shape index (κ3) is 4.16. The second-order valence-electron chi connectivity index (χ2n) is 5.65. The third-order valence-electron chi connectivity index (χ3n) is 3.65. The molecule has 29 heavy (non-hydrogen) atoms. The van der Waals surface area contributed by atoms with E-state index >= 15 is 0 Å². The lowest BCUT2D eigenvalue weighted by molar-refractivity contribution is -0.137. The summed E-state index contributed by atoms with van der Waals surface area (Å²) in [5, 5.41) is 9.68. The lowest BCUT2D eigenvalue weighted by Gasteiger charge is -2.06. The molecule has 0 aliphatic carbocycles. The van der Waals surface area contributed by atoms with Crippen LogP contribution < -0.4 is 0 Å². The molecule has 0 aromatic carbocycles. The van der Waals surface area contributed by atoms with E-state index in [9.17, 15) is 18.0 Å². The monoisotopic (exact) mass is 421 g/mol. The van der Waals surface area contributed by atoms with Crippen LogP contribution in [-0.4, -0.2) is 30.9 Å². The minimum atomic E-state index is -4.47. The van der Waals surface area contributed by atoms with Gasteiger partial charge in [-0.15, -0.1) is 16.4 Å². The van der Waals surface area contributed by atoms with E-state index in [0.29, 0.717) is 22.7 Å². The predicted octanol–water partition coefficient (Wildman–Crippen LogP) is 3.75. The number of thiazole rings is 1. The fourth-order valence-electron chi connectivity index (χ4n) is 2.26. The van der Waals surface area contributed by atoms with Crippen LogP contribution in [0.4, 0.5) is 13.2 Å². The Balaban J connectivity index is 1.39. The second-order valence-corrected chi connectivity index (χ2v) is 6.51. The number of halogens is 3. The van der Waals surface area contributed by atoms with Crippen LogP contribution in [0, 0.1) is 0 Å². The standard InChI is InChI=1S/C17H10F3N5O3S/c18-17(19,20)10-3-4-14(21-6-10)25-7-11(23-24-25)8-28-16(26)12-9-29-15(22-12)13-2-1-5-27-13/h1-7,9H,8H2. The average molecular weight is 421 g/mol. The van der Waals surface area contributed by atoms with Gasteiger partial charge in [0.25, 0.3) is 0 Å². The van der Waals surface area contributed by atoms with Crippen molar-refractivity contribution < 1.29 is 27.1 Å². The summed E-state index contributed by atoms with van der Waals surface area (Å²) in [5.41, 5.74) is -0.451. The molecule has 0 amide bonds. The molecule has 0 atom stereocenters. The zero-order chi connectivity index (χ0) is 20.4. The lowest BCUT2D eigenvalue weighted by Crippen LogP contribution is -2.07. The normalized spacial score (nSPS) is 11.6. The van der Waals surface area contributed by atoms with Crippen molar-refractivity contribution >= 4 is 17.3 Å². The molecule has 4 heterocycles. The van der Waals surface area contributed by atoms with Crippen LogP contribution in [0.1, 0.15) is 21.7 Å². The highest BCUT2D eigenvalue weighted by Crippen LogP contribution is 2.28. The summed E-state index contributed by atoms with van der Waals surface area (Å²) in [6, 6.07) is 5.49. The number of ether oxygens (including phenoxy) is 1. The van der Waals surface area contributed by atoms with E-state index < -0.39 is 17.7 Å². The number of rotatable bonds is 5. The number of alkyl halides is 3. The van der Waals surface area contributed by atoms with E-state index in [1.54, 1.807) is 17.5 Å². The fraction of sp³-hybridized carbons (Fsp3) is 0.118. The maximum absolute atomic E-state index is 12.6. The molecule has 4 aromatic heterocycles. The molecule has 0 spiro atoms. The number of hydrogen-bond acceptors (Lipinski definition) is 8. The van der Waals surface area contributed by atoms with E-state index in [1.165, 1.54) is 34.5 Å². The first-order valence-corrected chi connectivity index (χ1v) is 8.89. The maximum Gasteiger partial charge on any atom is 0.417 e. The first-order chi connectivity index (χ1) is 13.9. The van der Waals surface area contributed by atoms with Gasteiger partial charge < -0.3 is 9.15 Å². The Labute approximate surface area is 164 Å². The molecule has 0 aliphatic rings. The van der Waals surface area contributed by atoms with Crippen molar-refractivity contribution in [1.82, 2.24) is 25.0 Å². The zero-order valence-corrected chi connectivity index (χ0v) is 15.1. The Morgan fingerprint density at radius 1 is 1.28 bits per heavy atom. The van der Waals surface area contributed by atoms with Crippen molar-refractivity contribution in [3.05, 3.63) is 65.3 Å². The van der Waals surface area contributed by atoms with Gasteiger partial charge in [0.15, 0.2) is 22.3 Å². The van der Waals surface area contributed by atoms with Crippen molar-refractivity contribution in [2.45, 2.75) is 12.8 Å². The molecular weight excluding hydrogens is 411 g/mol. The van der Waals surface area contributed by atoms with Crippen molar-refractivity contribution in [2.24, 2.45) is 0 Å². The van der Waals surface area contributed by atoms with E-state index in [0.717, 1.165) is 6.07 Å². The molecule has 0 N–H and O–H groups in total. The van der Waals surface area contributed by atoms with Crippen LogP contribution in [0.15, 0.2) is 52.7 Å². The molecule has 0 bridgehead atoms. The molecule has 4 aromatic rings. The number of hydrogen-bond donors (Lipinski definition) is 0.